The summed E-state index contributed by atoms with van der Waals surface area (Å²) in [5.41, 5.74) is 1.29. The quantitative estimate of drug-likeness (QED) is 0.414. The number of nitrogens with one attached hydrogen (secondary N) is 3. The van der Waals surface area contributed by atoms with Crippen LogP contribution in [0.15, 0.2) is 67.4 Å². The van der Waals surface area contributed by atoms with Gasteiger partial charge in [0.2, 0.25) is 11.9 Å². The molecular weight excluding hydrogens is 401 g/mol. The van der Waals surface area contributed by atoms with E-state index in [2.05, 4.69) is 37.2 Å². The number of hydrogen-bond acceptors (Lipinski definition) is 7. The zero-order chi connectivity index (χ0) is 28.1. The fourth-order valence-electron chi connectivity index (χ4n) is 2.36. The topological polar surface area (TPSA) is 97.4 Å². The molecule has 3 rings (SSSR count). The van der Waals surface area contributed by atoms with Crippen molar-refractivity contribution in [2.45, 2.75) is 0 Å². The first-order chi connectivity index (χ1) is 17.7. The molecule has 0 unspecified atom stereocenters. The largest absolute Gasteiger partial charge is 0.491 e. The first kappa shape index (κ1) is 14.1. The molecule has 0 spiro atoms. The number of aromatic nitrogens is 2. The first-order valence-electron chi connectivity index (χ1n) is 12.3. The van der Waals surface area contributed by atoms with Gasteiger partial charge in [0.1, 0.15) is 12.3 Å². The van der Waals surface area contributed by atoms with Crippen molar-refractivity contribution < 1.29 is 28.3 Å². The minimum atomic E-state index is -3.28. The number of nitrogens with zero attached hydrogens (tertiary/aromatic N) is 2. The predicted octanol–water partition coefficient (Wildman–Crippen LogP) is 4.25. The Balaban J connectivity index is 1.70. The summed E-state index contributed by atoms with van der Waals surface area (Å²) in [5, 5.41) is 8.23. The minimum Gasteiger partial charge on any atom is -0.491 e. The number of rotatable bonds is 10. The molecule has 3 N–H and O–H groups in total. The molecule has 0 aliphatic rings. The maximum Gasteiger partial charge on any atom is 0.247 e. The van der Waals surface area contributed by atoms with Gasteiger partial charge in [-0.15, -0.1) is 0 Å². The highest BCUT2D eigenvalue weighted by Gasteiger charge is 2.09. The lowest BCUT2D eigenvalue weighted by atomic mass is 10.2. The van der Waals surface area contributed by atoms with E-state index in [1.165, 1.54) is 24.3 Å². The summed E-state index contributed by atoms with van der Waals surface area (Å²) in [5.74, 6) is -1.41. The van der Waals surface area contributed by atoms with Gasteiger partial charge in [0, 0.05) is 24.1 Å². The lowest BCUT2D eigenvalue weighted by Crippen LogP contribution is -2.07. The monoisotopic (exact) mass is 430 g/mol. The fourth-order valence-corrected chi connectivity index (χ4v) is 2.36. The van der Waals surface area contributed by atoms with Crippen molar-refractivity contribution in [2.75, 3.05) is 36.1 Å². The highest BCUT2D eigenvalue weighted by Crippen LogP contribution is 2.23. The Bertz CT molecular complexity index is 1310. The molecule has 0 bridgehead atoms. The van der Waals surface area contributed by atoms with Gasteiger partial charge < -0.3 is 25.4 Å². The van der Waals surface area contributed by atoms with E-state index in [0.717, 1.165) is 12.3 Å². The van der Waals surface area contributed by atoms with Crippen LogP contribution in [0.25, 0.3) is 0 Å². The van der Waals surface area contributed by atoms with Crippen molar-refractivity contribution in [3.63, 3.8) is 0 Å². The second-order valence-corrected chi connectivity index (χ2v) is 5.85. The van der Waals surface area contributed by atoms with Gasteiger partial charge in [0.15, 0.2) is 11.6 Å². The van der Waals surface area contributed by atoms with E-state index in [-0.39, 0.29) is 17.5 Å². The van der Waals surface area contributed by atoms with Gasteiger partial charge >= 0.3 is 0 Å². The number of methoxy groups -OCH3 is 1. The average Bonchev–Trinajstić information content (AvgIpc) is 2.81. The Kier molecular flexibility index (Phi) is 4.87. The molecule has 0 saturated carbocycles. The molecular formula is C22H22FN5O3. The number of carbonyl (C=O) groups excluding carboxylic acids is 1. The normalized spacial score (nSPS) is 14.9. The van der Waals surface area contributed by atoms with Gasteiger partial charge in [-0.25, -0.2) is 9.37 Å². The van der Waals surface area contributed by atoms with Gasteiger partial charge in [0.05, 0.1) is 22.4 Å². The van der Waals surface area contributed by atoms with Gasteiger partial charge in [-0.05, 0) is 48.5 Å². The molecule has 0 aliphatic carbocycles. The van der Waals surface area contributed by atoms with E-state index >= 15 is 0 Å². The SMILES string of the molecule is [2H]C([2H])([2H])OC([2H])([2H])C([2H])([2H])Oc1ccc(Nc2ncc(F)c(Nc3cccc(NC(=O)C=C)c3)n2)cc1. The third kappa shape index (κ3) is 6.51. The van der Waals surface area contributed by atoms with Crippen molar-refractivity contribution >= 4 is 34.7 Å². The Morgan fingerprint density at radius 1 is 1.19 bits per heavy atom. The Morgan fingerprint density at radius 2 is 2.00 bits per heavy atom. The molecule has 8 nitrogen and oxygen atoms in total. The number of hydrogen-bond donors (Lipinski definition) is 3. The van der Waals surface area contributed by atoms with E-state index in [4.69, 9.17) is 14.3 Å². The van der Waals surface area contributed by atoms with Crippen molar-refractivity contribution in [3.8, 4) is 5.75 Å². The molecule has 1 amide bonds. The zero-order valence-corrected chi connectivity index (χ0v) is 16.0. The van der Waals surface area contributed by atoms with Gasteiger partial charge in [-0.2, -0.15) is 4.98 Å². The second-order valence-electron chi connectivity index (χ2n) is 5.85. The number of benzene rings is 2. The summed E-state index contributed by atoms with van der Waals surface area (Å²) in [6.45, 7) is -3.04. The zero-order valence-electron chi connectivity index (χ0n) is 23.0. The number of ether oxygens (including phenoxy) is 2. The fraction of sp³-hybridized carbons (Fsp3) is 0.136. The third-order valence-corrected chi connectivity index (χ3v) is 3.69. The average molecular weight is 430 g/mol. The number of carbonyl (C=O) groups is 1. The molecule has 0 fully saturated rings. The summed E-state index contributed by atoms with van der Waals surface area (Å²) < 4.78 is 75.2. The lowest BCUT2D eigenvalue weighted by Gasteiger charge is -2.11. The smallest absolute Gasteiger partial charge is 0.247 e. The molecule has 160 valence electrons. The van der Waals surface area contributed by atoms with Crippen molar-refractivity contribution in [1.29, 1.82) is 0 Å². The number of halogens is 1. The molecule has 0 saturated heterocycles. The van der Waals surface area contributed by atoms with Crippen LogP contribution in [0.1, 0.15) is 9.60 Å². The van der Waals surface area contributed by atoms with Crippen LogP contribution < -0.4 is 20.7 Å². The van der Waals surface area contributed by atoms with Crippen LogP contribution in [-0.4, -0.2) is 36.0 Å². The van der Waals surface area contributed by atoms with Crippen LogP contribution in [0.4, 0.5) is 33.2 Å². The Labute approximate surface area is 189 Å². The Morgan fingerprint density at radius 3 is 2.77 bits per heavy atom. The highest BCUT2D eigenvalue weighted by atomic mass is 19.1. The second kappa shape index (κ2) is 10.7. The van der Waals surface area contributed by atoms with E-state index in [9.17, 15) is 9.18 Å². The molecule has 3 aromatic rings. The molecule has 0 aliphatic heterocycles. The van der Waals surface area contributed by atoms with Gasteiger partial charge in [-0.1, -0.05) is 12.6 Å². The van der Waals surface area contributed by atoms with Gasteiger partial charge in [-0.3, -0.25) is 4.79 Å². The van der Waals surface area contributed by atoms with E-state index in [1.54, 1.807) is 24.3 Å². The van der Waals surface area contributed by atoms with Crippen molar-refractivity contribution in [3.05, 3.63) is 73.2 Å². The van der Waals surface area contributed by atoms with E-state index in [0.29, 0.717) is 17.1 Å². The van der Waals surface area contributed by atoms with Crippen LogP contribution >= 0.6 is 0 Å². The summed E-state index contributed by atoms with van der Waals surface area (Å²) in [4.78, 5) is 19.5. The van der Waals surface area contributed by atoms with Crippen LogP contribution in [-0.2, 0) is 9.53 Å². The van der Waals surface area contributed by atoms with Crippen molar-refractivity contribution in [1.82, 2.24) is 9.97 Å². The van der Waals surface area contributed by atoms with Crippen LogP contribution in [0.5, 0.6) is 5.75 Å². The number of amides is 1. The Hall–Kier alpha value is -3.98. The van der Waals surface area contributed by atoms with Crippen LogP contribution in [0.3, 0.4) is 0 Å². The molecule has 1 aromatic heterocycles. The first-order valence-corrected chi connectivity index (χ1v) is 8.77. The maximum atomic E-state index is 14.3. The van der Waals surface area contributed by atoms with Crippen LogP contribution in [0, 0.1) is 5.82 Å². The molecule has 0 atom stereocenters. The predicted molar refractivity (Wildman–Crippen MR) is 118 cm³/mol. The maximum absolute atomic E-state index is 14.3. The van der Waals surface area contributed by atoms with Gasteiger partial charge in [0.25, 0.3) is 0 Å². The molecule has 0 radical (unpaired) electrons. The summed E-state index contributed by atoms with van der Waals surface area (Å²) in [6.07, 6.45) is 2.06. The van der Waals surface area contributed by atoms with Crippen LogP contribution in [0.2, 0.25) is 0 Å². The standard InChI is InChI=1S/C22H22FN5O3/c1-3-20(29)25-16-5-4-6-17(13-16)26-21-19(23)14-24-22(28-21)27-15-7-9-18(10-8-15)31-12-11-30-2/h3-10,13-14H,1,11-12H2,2H3,(H,25,29)(H2,24,26,27,28)/i2D3,11D2,12D2. The minimum absolute atomic E-state index is 0.0106. The van der Waals surface area contributed by atoms with Crippen molar-refractivity contribution in [2.24, 2.45) is 0 Å². The molecule has 1 heterocycles. The summed E-state index contributed by atoms with van der Waals surface area (Å²) in [6, 6.07) is 11.9. The summed E-state index contributed by atoms with van der Waals surface area (Å²) in [7, 11) is -3.18. The molecule has 9 heteroatoms. The highest BCUT2D eigenvalue weighted by molar-refractivity contribution is 5.99. The summed E-state index contributed by atoms with van der Waals surface area (Å²) >= 11 is 0. The third-order valence-electron chi connectivity index (χ3n) is 3.69. The van der Waals surface area contributed by atoms with E-state index < -0.39 is 31.9 Å². The van der Waals surface area contributed by atoms with E-state index in [1.807, 2.05) is 0 Å². The molecule has 31 heavy (non-hydrogen) atoms. The number of anilines is 5. The lowest BCUT2D eigenvalue weighted by molar-refractivity contribution is -0.111. The molecule has 2 aromatic carbocycles.